The largest absolute Gasteiger partial charge is 0.396 e. The van der Waals surface area contributed by atoms with Crippen molar-refractivity contribution in [1.82, 2.24) is 9.80 Å². The highest BCUT2D eigenvalue weighted by Crippen LogP contribution is 2.14. The monoisotopic (exact) mass is 237 g/mol. The highest BCUT2D eigenvalue weighted by atomic mass is 19.1. The van der Waals surface area contributed by atoms with E-state index in [4.69, 9.17) is 5.73 Å². The summed E-state index contributed by atoms with van der Waals surface area (Å²) in [7, 11) is 2.02. The fourth-order valence-electron chi connectivity index (χ4n) is 1.85. The van der Waals surface area contributed by atoms with E-state index in [2.05, 4.69) is 4.90 Å². The molecule has 2 rings (SSSR count). The third-order valence-corrected chi connectivity index (χ3v) is 3.04. The van der Waals surface area contributed by atoms with Crippen LogP contribution in [0.4, 0.5) is 10.1 Å². The molecule has 0 atom stereocenters. The lowest BCUT2D eigenvalue weighted by Crippen LogP contribution is -2.47. The van der Waals surface area contributed by atoms with Gasteiger partial charge in [-0.15, -0.1) is 0 Å². The number of carbonyl (C=O) groups excluding carboxylic acids is 1. The first kappa shape index (κ1) is 11.9. The van der Waals surface area contributed by atoms with E-state index in [0.29, 0.717) is 18.7 Å². The second kappa shape index (κ2) is 4.71. The van der Waals surface area contributed by atoms with Gasteiger partial charge in [0.15, 0.2) is 0 Å². The Hall–Kier alpha value is -1.62. The molecule has 1 aliphatic rings. The average molecular weight is 237 g/mol. The first-order valence-electron chi connectivity index (χ1n) is 5.61. The average Bonchev–Trinajstić information content (AvgIpc) is 2.33. The zero-order valence-electron chi connectivity index (χ0n) is 9.82. The predicted molar refractivity (Wildman–Crippen MR) is 64.2 cm³/mol. The zero-order chi connectivity index (χ0) is 12.4. The Balaban J connectivity index is 2.11. The van der Waals surface area contributed by atoms with Gasteiger partial charge in [-0.2, -0.15) is 0 Å². The summed E-state index contributed by atoms with van der Waals surface area (Å²) in [6, 6.07) is 4.20. The van der Waals surface area contributed by atoms with E-state index in [0.717, 1.165) is 13.1 Å². The van der Waals surface area contributed by atoms with E-state index in [-0.39, 0.29) is 11.6 Å². The van der Waals surface area contributed by atoms with Gasteiger partial charge in [0, 0.05) is 31.7 Å². The molecule has 2 N–H and O–H groups in total. The fraction of sp³-hybridized carbons (Fsp3) is 0.417. The first-order chi connectivity index (χ1) is 8.08. The normalized spacial score (nSPS) is 17.2. The maximum atomic E-state index is 13.3. The summed E-state index contributed by atoms with van der Waals surface area (Å²) >= 11 is 0. The fourth-order valence-corrected chi connectivity index (χ4v) is 1.85. The van der Waals surface area contributed by atoms with Crippen LogP contribution < -0.4 is 5.73 Å². The number of benzene rings is 1. The number of nitrogens with two attached hydrogens (primary N) is 1. The molecule has 0 radical (unpaired) electrons. The molecule has 1 amide bonds. The van der Waals surface area contributed by atoms with Crippen molar-refractivity contribution in [1.29, 1.82) is 0 Å². The Labute approximate surface area is 99.8 Å². The van der Waals surface area contributed by atoms with Gasteiger partial charge in [-0.3, -0.25) is 4.79 Å². The van der Waals surface area contributed by atoms with E-state index in [1.807, 2.05) is 7.05 Å². The quantitative estimate of drug-likeness (QED) is 0.735. The third-order valence-electron chi connectivity index (χ3n) is 3.04. The van der Waals surface area contributed by atoms with Crippen LogP contribution >= 0.6 is 0 Å². The van der Waals surface area contributed by atoms with Crippen molar-refractivity contribution >= 4 is 11.6 Å². The van der Waals surface area contributed by atoms with Crippen molar-refractivity contribution < 1.29 is 9.18 Å². The number of rotatable bonds is 1. The standard InChI is InChI=1S/C12H16FN3O/c1-15-4-6-16(7-5-15)12(17)9-2-3-11(14)10(13)8-9/h2-3,8H,4-7,14H2,1H3. The number of likely N-dealkylation sites (N-methyl/N-ethyl adjacent to an activating group) is 1. The molecular weight excluding hydrogens is 221 g/mol. The number of nitrogen functional groups attached to an aromatic ring is 1. The molecule has 1 aromatic rings. The zero-order valence-corrected chi connectivity index (χ0v) is 9.82. The minimum absolute atomic E-state index is 0.0694. The number of hydrogen-bond donors (Lipinski definition) is 1. The smallest absolute Gasteiger partial charge is 0.254 e. The summed E-state index contributed by atoms with van der Waals surface area (Å²) in [5.74, 6) is -0.665. The molecule has 0 saturated carbocycles. The van der Waals surface area contributed by atoms with Gasteiger partial charge in [-0.25, -0.2) is 4.39 Å². The van der Waals surface area contributed by atoms with Crippen LogP contribution in [0.5, 0.6) is 0 Å². The van der Waals surface area contributed by atoms with Gasteiger partial charge in [-0.1, -0.05) is 0 Å². The molecule has 0 spiro atoms. The van der Waals surface area contributed by atoms with Crippen molar-refractivity contribution in [2.75, 3.05) is 39.0 Å². The molecular formula is C12H16FN3O. The molecule has 0 bridgehead atoms. The number of anilines is 1. The third kappa shape index (κ3) is 2.55. The summed E-state index contributed by atoms with van der Waals surface area (Å²) in [6.07, 6.45) is 0. The maximum absolute atomic E-state index is 13.3. The van der Waals surface area contributed by atoms with Crippen molar-refractivity contribution in [3.8, 4) is 0 Å². The lowest BCUT2D eigenvalue weighted by molar-refractivity contribution is 0.0663. The van der Waals surface area contributed by atoms with Gasteiger partial charge < -0.3 is 15.5 Å². The highest BCUT2D eigenvalue weighted by Gasteiger charge is 2.20. The molecule has 5 heteroatoms. The predicted octanol–water partition coefficient (Wildman–Crippen LogP) is 0.796. The maximum Gasteiger partial charge on any atom is 0.254 e. The Morgan fingerprint density at radius 2 is 1.94 bits per heavy atom. The minimum atomic E-state index is -0.537. The van der Waals surface area contributed by atoms with E-state index in [1.54, 1.807) is 11.0 Å². The summed E-state index contributed by atoms with van der Waals surface area (Å²) in [5.41, 5.74) is 5.81. The van der Waals surface area contributed by atoms with E-state index in [1.165, 1.54) is 12.1 Å². The molecule has 1 saturated heterocycles. The Morgan fingerprint density at radius 3 is 2.53 bits per heavy atom. The van der Waals surface area contributed by atoms with Crippen LogP contribution in [0.1, 0.15) is 10.4 Å². The Bertz CT molecular complexity index is 428. The number of halogens is 1. The summed E-state index contributed by atoms with van der Waals surface area (Å²) < 4.78 is 13.3. The van der Waals surface area contributed by atoms with Crippen molar-refractivity contribution in [3.05, 3.63) is 29.6 Å². The minimum Gasteiger partial charge on any atom is -0.396 e. The highest BCUT2D eigenvalue weighted by molar-refractivity contribution is 5.94. The van der Waals surface area contributed by atoms with Gasteiger partial charge in [0.2, 0.25) is 0 Å². The van der Waals surface area contributed by atoms with Crippen LogP contribution in [0.3, 0.4) is 0 Å². The van der Waals surface area contributed by atoms with Gasteiger partial charge in [-0.05, 0) is 25.2 Å². The topological polar surface area (TPSA) is 49.6 Å². The van der Waals surface area contributed by atoms with E-state index in [9.17, 15) is 9.18 Å². The van der Waals surface area contributed by atoms with Gasteiger partial charge >= 0.3 is 0 Å². The molecule has 17 heavy (non-hydrogen) atoms. The van der Waals surface area contributed by atoms with Gasteiger partial charge in [0.1, 0.15) is 5.82 Å². The molecule has 1 aromatic carbocycles. The summed E-state index contributed by atoms with van der Waals surface area (Å²) in [6.45, 7) is 3.06. The van der Waals surface area contributed by atoms with E-state index < -0.39 is 5.82 Å². The number of piperazine rings is 1. The number of nitrogens with zero attached hydrogens (tertiary/aromatic N) is 2. The molecule has 0 unspecified atom stereocenters. The molecule has 0 aliphatic carbocycles. The van der Waals surface area contributed by atoms with Crippen LogP contribution in [0.25, 0.3) is 0 Å². The molecule has 1 aliphatic heterocycles. The molecule has 4 nitrogen and oxygen atoms in total. The van der Waals surface area contributed by atoms with Crippen LogP contribution in [-0.4, -0.2) is 48.9 Å². The molecule has 1 fully saturated rings. The number of carbonyl (C=O) groups is 1. The summed E-state index contributed by atoms with van der Waals surface area (Å²) in [4.78, 5) is 16.0. The number of hydrogen-bond acceptors (Lipinski definition) is 3. The first-order valence-corrected chi connectivity index (χ1v) is 5.61. The Morgan fingerprint density at radius 1 is 1.29 bits per heavy atom. The summed E-state index contributed by atoms with van der Waals surface area (Å²) in [5, 5.41) is 0. The van der Waals surface area contributed by atoms with Crippen molar-refractivity contribution in [3.63, 3.8) is 0 Å². The molecule has 1 heterocycles. The van der Waals surface area contributed by atoms with Gasteiger partial charge in [0.05, 0.1) is 5.69 Å². The lowest BCUT2D eigenvalue weighted by atomic mass is 10.1. The molecule has 0 aromatic heterocycles. The second-order valence-electron chi connectivity index (χ2n) is 4.33. The van der Waals surface area contributed by atoms with Crippen LogP contribution in [0.2, 0.25) is 0 Å². The van der Waals surface area contributed by atoms with Crippen LogP contribution in [0, 0.1) is 5.82 Å². The van der Waals surface area contributed by atoms with E-state index >= 15 is 0 Å². The Kier molecular flexibility index (Phi) is 3.28. The second-order valence-corrected chi connectivity index (χ2v) is 4.33. The number of amides is 1. The van der Waals surface area contributed by atoms with Crippen molar-refractivity contribution in [2.45, 2.75) is 0 Å². The molecule has 92 valence electrons. The van der Waals surface area contributed by atoms with Crippen LogP contribution in [0.15, 0.2) is 18.2 Å². The van der Waals surface area contributed by atoms with Gasteiger partial charge in [0.25, 0.3) is 5.91 Å². The SMILES string of the molecule is CN1CCN(C(=O)c2ccc(N)c(F)c2)CC1. The van der Waals surface area contributed by atoms with Crippen molar-refractivity contribution in [2.24, 2.45) is 0 Å². The lowest BCUT2D eigenvalue weighted by Gasteiger charge is -2.32. The van der Waals surface area contributed by atoms with Crippen LogP contribution in [-0.2, 0) is 0 Å².